The normalized spacial score (nSPS) is 12.4. The molecule has 0 saturated carbocycles. The van der Waals surface area contributed by atoms with Crippen molar-refractivity contribution in [3.63, 3.8) is 0 Å². The predicted octanol–water partition coefficient (Wildman–Crippen LogP) is 6.05. The van der Waals surface area contributed by atoms with Gasteiger partial charge in [-0.1, -0.05) is 41.9 Å². The number of rotatable bonds is 7. The Balaban J connectivity index is 1.61. The van der Waals surface area contributed by atoms with Gasteiger partial charge in [-0.15, -0.1) is 0 Å². The average Bonchev–Trinajstić information content (AvgIpc) is 3.49. The summed E-state index contributed by atoms with van der Waals surface area (Å²) in [5, 5.41) is 5.22. The maximum absolute atomic E-state index is 6.13. The molecule has 33 heavy (non-hydrogen) atoms. The van der Waals surface area contributed by atoms with E-state index in [0.717, 1.165) is 39.4 Å². The number of anilines is 1. The van der Waals surface area contributed by atoms with Gasteiger partial charge in [-0.05, 0) is 56.1 Å². The van der Waals surface area contributed by atoms with Gasteiger partial charge in [0.25, 0.3) is 0 Å². The number of fused-ring (bicyclic) bond motifs is 1. The lowest BCUT2D eigenvalue weighted by Gasteiger charge is -2.23. The first-order chi connectivity index (χ1) is 16.1. The molecule has 0 fully saturated rings. The van der Waals surface area contributed by atoms with E-state index in [1.165, 1.54) is 0 Å². The molecule has 1 atom stereocenters. The van der Waals surface area contributed by atoms with E-state index in [4.69, 9.17) is 16.0 Å². The van der Waals surface area contributed by atoms with Crippen molar-refractivity contribution in [1.82, 2.24) is 19.4 Å². The van der Waals surface area contributed by atoms with Crippen molar-refractivity contribution in [1.29, 1.82) is 0 Å². The van der Waals surface area contributed by atoms with Crippen LogP contribution in [-0.4, -0.2) is 40.1 Å². The number of benzene rings is 2. The maximum Gasteiger partial charge on any atom is 0.150 e. The summed E-state index contributed by atoms with van der Waals surface area (Å²) in [5.41, 5.74) is 3.97. The number of halogens is 1. The van der Waals surface area contributed by atoms with Gasteiger partial charge in [-0.3, -0.25) is 4.90 Å². The summed E-state index contributed by atoms with van der Waals surface area (Å²) < 4.78 is 7.75. The fourth-order valence-electron chi connectivity index (χ4n) is 4.04. The zero-order valence-electron chi connectivity index (χ0n) is 18.4. The van der Waals surface area contributed by atoms with Crippen LogP contribution in [0.25, 0.3) is 27.8 Å². The summed E-state index contributed by atoms with van der Waals surface area (Å²) in [6, 6.07) is 22.0. The van der Waals surface area contributed by atoms with Crippen LogP contribution in [0.2, 0.25) is 5.02 Å². The van der Waals surface area contributed by atoms with E-state index in [9.17, 15) is 0 Å². The van der Waals surface area contributed by atoms with E-state index < -0.39 is 0 Å². The highest BCUT2D eigenvalue weighted by Crippen LogP contribution is 2.35. The molecule has 0 spiro atoms. The number of furan rings is 1. The molecule has 1 unspecified atom stereocenters. The highest BCUT2D eigenvalue weighted by Gasteiger charge is 2.20. The van der Waals surface area contributed by atoms with Crippen LogP contribution in [0, 0.1) is 0 Å². The van der Waals surface area contributed by atoms with Crippen LogP contribution in [0.5, 0.6) is 0 Å². The van der Waals surface area contributed by atoms with Crippen LogP contribution in [0.4, 0.5) is 5.82 Å². The summed E-state index contributed by atoms with van der Waals surface area (Å²) >= 11 is 6.13. The van der Waals surface area contributed by atoms with Gasteiger partial charge in [0.05, 0.1) is 17.7 Å². The molecule has 7 heteroatoms. The Morgan fingerprint density at radius 1 is 1.00 bits per heavy atom. The fraction of sp³-hybridized carbons (Fsp3) is 0.154. The first-order valence-corrected chi connectivity index (χ1v) is 11.1. The maximum atomic E-state index is 6.13. The molecule has 3 heterocycles. The van der Waals surface area contributed by atoms with E-state index in [0.29, 0.717) is 11.6 Å². The molecule has 0 saturated heterocycles. The number of likely N-dealkylation sites (N-methyl/N-ethyl adjacent to an activating group) is 1. The minimum Gasteiger partial charge on any atom is -0.468 e. The summed E-state index contributed by atoms with van der Waals surface area (Å²) in [7, 11) is 4.08. The van der Waals surface area contributed by atoms with Gasteiger partial charge in [0, 0.05) is 29.0 Å². The van der Waals surface area contributed by atoms with Crippen LogP contribution in [-0.2, 0) is 0 Å². The fourth-order valence-corrected chi connectivity index (χ4v) is 4.17. The number of nitrogens with zero attached hydrogens (tertiary/aromatic N) is 4. The number of aromatic nitrogens is 3. The van der Waals surface area contributed by atoms with Crippen molar-refractivity contribution >= 4 is 28.5 Å². The second kappa shape index (κ2) is 9.10. The third-order valence-corrected chi connectivity index (χ3v) is 5.98. The molecular weight excluding hydrogens is 434 g/mol. The first kappa shape index (κ1) is 21.2. The Labute approximate surface area is 197 Å². The van der Waals surface area contributed by atoms with Gasteiger partial charge >= 0.3 is 0 Å². The lowest BCUT2D eigenvalue weighted by molar-refractivity contribution is 0.269. The van der Waals surface area contributed by atoms with Crippen molar-refractivity contribution in [2.75, 3.05) is 26.0 Å². The molecule has 0 aliphatic carbocycles. The van der Waals surface area contributed by atoms with Gasteiger partial charge in [-0.2, -0.15) is 0 Å². The van der Waals surface area contributed by atoms with Crippen molar-refractivity contribution in [3.05, 3.63) is 96.3 Å². The summed E-state index contributed by atoms with van der Waals surface area (Å²) in [5.74, 6) is 1.68. The van der Waals surface area contributed by atoms with Crippen LogP contribution in [0.3, 0.4) is 0 Å². The van der Waals surface area contributed by atoms with Gasteiger partial charge < -0.3 is 14.3 Å². The molecule has 166 valence electrons. The molecule has 6 nitrogen and oxygen atoms in total. The van der Waals surface area contributed by atoms with Crippen LogP contribution in [0.1, 0.15) is 11.8 Å². The summed E-state index contributed by atoms with van der Waals surface area (Å²) in [6.07, 6.45) is 5.41. The molecule has 0 radical (unpaired) electrons. The van der Waals surface area contributed by atoms with Gasteiger partial charge in [-0.25, -0.2) is 9.97 Å². The lowest BCUT2D eigenvalue weighted by Crippen LogP contribution is -2.26. The Bertz CT molecular complexity index is 1350. The molecule has 5 rings (SSSR count). The van der Waals surface area contributed by atoms with Crippen molar-refractivity contribution in [2.45, 2.75) is 6.04 Å². The van der Waals surface area contributed by atoms with Crippen LogP contribution < -0.4 is 5.32 Å². The first-order valence-electron chi connectivity index (χ1n) is 10.7. The molecule has 0 amide bonds. The number of nitrogens with one attached hydrogen (secondary N) is 1. The van der Waals surface area contributed by atoms with Gasteiger partial charge in [0.1, 0.15) is 17.9 Å². The van der Waals surface area contributed by atoms with Crippen molar-refractivity contribution in [3.8, 4) is 16.8 Å². The number of hydrogen-bond donors (Lipinski definition) is 1. The van der Waals surface area contributed by atoms with E-state index in [1.54, 1.807) is 12.6 Å². The Kier molecular flexibility index (Phi) is 5.86. The topological polar surface area (TPSA) is 59.1 Å². The van der Waals surface area contributed by atoms with Crippen molar-refractivity contribution < 1.29 is 4.42 Å². The second-order valence-electron chi connectivity index (χ2n) is 8.05. The van der Waals surface area contributed by atoms with Gasteiger partial charge in [0.15, 0.2) is 5.65 Å². The minimum absolute atomic E-state index is 0.0588. The largest absolute Gasteiger partial charge is 0.468 e. The minimum atomic E-state index is 0.0588. The molecule has 3 aromatic heterocycles. The monoisotopic (exact) mass is 457 g/mol. The molecular formula is C26H24ClN5O. The van der Waals surface area contributed by atoms with Crippen molar-refractivity contribution in [2.24, 2.45) is 0 Å². The highest BCUT2D eigenvalue weighted by atomic mass is 35.5. The number of hydrogen-bond acceptors (Lipinski definition) is 5. The lowest BCUT2D eigenvalue weighted by atomic mass is 10.1. The quantitative estimate of drug-likeness (QED) is 0.322. The van der Waals surface area contributed by atoms with Crippen LogP contribution >= 0.6 is 11.6 Å². The van der Waals surface area contributed by atoms with E-state index in [-0.39, 0.29) is 6.04 Å². The Morgan fingerprint density at radius 3 is 2.48 bits per heavy atom. The standard InChI is InChI=1S/C26H24ClN5O/c1-31(2)22(23-9-6-14-33-23)15-28-25-24-21(18-7-4-3-5-8-18)16-32(26(24)30-17-29-25)20-12-10-19(27)11-13-20/h3-14,16-17,22H,15H2,1-2H3,(H,28,29,30). The Morgan fingerprint density at radius 2 is 1.79 bits per heavy atom. The molecule has 0 aliphatic heterocycles. The molecule has 0 bridgehead atoms. The van der Waals surface area contributed by atoms with E-state index in [2.05, 4.69) is 43.1 Å². The smallest absolute Gasteiger partial charge is 0.150 e. The summed E-state index contributed by atoms with van der Waals surface area (Å²) in [6.45, 7) is 0.632. The Hall–Kier alpha value is -3.61. The molecule has 5 aromatic rings. The zero-order valence-corrected chi connectivity index (χ0v) is 19.2. The van der Waals surface area contributed by atoms with E-state index >= 15 is 0 Å². The predicted molar refractivity (Wildman–Crippen MR) is 133 cm³/mol. The van der Waals surface area contributed by atoms with Crippen LogP contribution in [0.15, 0.2) is 89.9 Å². The molecule has 0 aliphatic rings. The molecule has 2 aromatic carbocycles. The SMILES string of the molecule is CN(C)C(CNc1ncnc2c1c(-c1ccccc1)cn2-c1ccc(Cl)cc1)c1ccco1. The second-order valence-corrected chi connectivity index (χ2v) is 8.49. The average molecular weight is 458 g/mol. The zero-order chi connectivity index (χ0) is 22.8. The third-order valence-electron chi connectivity index (χ3n) is 5.73. The van der Waals surface area contributed by atoms with E-state index in [1.807, 2.05) is 68.7 Å². The highest BCUT2D eigenvalue weighted by molar-refractivity contribution is 6.30. The summed E-state index contributed by atoms with van der Waals surface area (Å²) in [4.78, 5) is 11.4. The third kappa shape index (κ3) is 4.23. The van der Waals surface area contributed by atoms with Gasteiger partial charge in [0.2, 0.25) is 0 Å². The molecule has 1 N–H and O–H groups in total.